The molecule has 0 amide bonds. The maximum atomic E-state index is 6.12. The summed E-state index contributed by atoms with van der Waals surface area (Å²) in [6.45, 7) is 2.91. The maximum absolute atomic E-state index is 6.12. The Morgan fingerprint density at radius 2 is 2.14 bits per heavy atom. The second kappa shape index (κ2) is 6.31. The minimum Gasteiger partial charge on any atom is -0.437 e. The molecule has 1 aromatic carbocycles. The van der Waals surface area contributed by atoms with Crippen molar-refractivity contribution in [2.75, 3.05) is 11.9 Å². The lowest BCUT2D eigenvalue weighted by Gasteiger charge is -2.10. The Morgan fingerprint density at radius 3 is 3.00 bits per heavy atom. The van der Waals surface area contributed by atoms with Gasteiger partial charge in [-0.3, -0.25) is 0 Å². The number of hydrogen-bond acceptors (Lipinski definition) is 4. The van der Waals surface area contributed by atoms with Gasteiger partial charge < -0.3 is 10.1 Å². The van der Waals surface area contributed by atoms with E-state index >= 15 is 0 Å². The molecule has 0 saturated carbocycles. The summed E-state index contributed by atoms with van der Waals surface area (Å²) in [6.07, 6.45) is 6.07. The number of aryl methyl sites for hydroxylation is 2. The van der Waals surface area contributed by atoms with Crippen LogP contribution in [0.4, 0.5) is 5.95 Å². The van der Waals surface area contributed by atoms with Crippen LogP contribution in [0, 0.1) is 0 Å². The van der Waals surface area contributed by atoms with Crippen LogP contribution in [0.3, 0.4) is 0 Å². The fourth-order valence-corrected chi connectivity index (χ4v) is 2.60. The topological polar surface area (TPSA) is 47.0 Å². The van der Waals surface area contributed by atoms with E-state index < -0.39 is 0 Å². The van der Waals surface area contributed by atoms with Gasteiger partial charge in [-0.2, -0.15) is 4.98 Å². The molecule has 0 bridgehead atoms. The van der Waals surface area contributed by atoms with Crippen LogP contribution in [-0.2, 0) is 12.8 Å². The molecule has 1 heterocycles. The van der Waals surface area contributed by atoms with Crippen molar-refractivity contribution in [2.24, 2.45) is 0 Å². The summed E-state index contributed by atoms with van der Waals surface area (Å²) in [5.74, 6) is 1.71. The SMILES string of the molecule is CCCNc1ncc(Cl)c(Oc2ccc3c(c2)CCC3)n1. The van der Waals surface area contributed by atoms with Crippen LogP contribution in [0.25, 0.3) is 0 Å². The Labute approximate surface area is 129 Å². The van der Waals surface area contributed by atoms with Gasteiger partial charge in [0.05, 0.1) is 6.20 Å². The highest BCUT2D eigenvalue weighted by Gasteiger charge is 2.13. The van der Waals surface area contributed by atoms with E-state index in [-0.39, 0.29) is 0 Å². The smallest absolute Gasteiger partial charge is 0.243 e. The summed E-state index contributed by atoms with van der Waals surface area (Å²) in [7, 11) is 0. The third-order valence-electron chi connectivity index (χ3n) is 3.53. The zero-order valence-corrected chi connectivity index (χ0v) is 12.8. The van der Waals surface area contributed by atoms with Gasteiger partial charge in [-0.25, -0.2) is 4.98 Å². The summed E-state index contributed by atoms with van der Waals surface area (Å²) in [4.78, 5) is 8.46. The van der Waals surface area contributed by atoms with Gasteiger partial charge in [0.25, 0.3) is 0 Å². The van der Waals surface area contributed by atoms with Gasteiger partial charge in [-0.15, -0.1) is 0 Å². The zero-order valence-electron chi connectivity index (χ0n) is 12.0. The van der Waals surface area contributed by atoms with Crippen LogP contribution in [0.1, 0.15) is 30.9 Å². The van der Waals surface area contributed by atoms with E-state index in [2.05, 4.69) is 34.3 Å². The van der Waals surface area contributed by atoms with Crippen molar-refractivity contribution in [3.05, 3.63) is 40.5 Å². The van der Waals surface area contributed by atoms with Crippen molar-refractivity contribution < 1.29 is 4.74 Å². The molecule has 21 heavy (non-hydrogen) atoms. The molecular weight excluding hydrogens is 286 g/mol. The zero-order chi connectivity index (χ0) is 14.7. The first-order valence-corrected chi connectivity index (χ1v) is 7.70. The maximum Gasteiger partial charge on any atom is 0.243 e. The van der Waals surface area contributed by atoms with E-state index in [1.165, 1.54) is 17.5 Å². The number of hydrogen-bond donors (Lipinski definition) is 1. The van der Waals surface area contributed by atoms with Crippen molar-refractivity contribution in [1.29, 1.82) is 0 Å². The molecule has 0 unspecified atom stereocenters. The second-order valence-electron chi connectivity index (χ2n) is 5.16. The second-order valence-corrected chi connectivity index (χ2v) is 5.57. The first-order chi connectivity index (χ1) is 10.3. The van der Waals surface area contributed by atoms with Crippen molar-refractivity contribution >= 4 is 17.5 Å². The van der Waals surface area contributed by atoms with Crippen LogP contribution in [0.5, 0.6) is 11.6 Å². The molecule has 1 aromatic heterocycles. The monoisotopic (exact) mass is 303 g/mol. The molecule has 4 nitrogen and oxygen atoms in total. The molecule has 5 heteroatoms. The molecule has 1 aliphatic carbocycles. The number of benzene rings is 1. The average molecular weight is 304 g/mol. The lowest BCUT2D eigenvalue weighted by atomic mass is 10.1. The number of ether oxygens (including phenoxy) is 1. The van der Waals surface area contributed by atoms with Gasteiger partial charge in [0, 0.05) is 6.54 Å². The highest BCUT2D eigenvalue weighted by Crippen LogP contribution is 2.31. The Hall–Kier alpha value is -1.81. The van der Waals surface area contributed by atoms with E-state index in [1.807, 2.05) is 6.07 Å². The Kier molecular flexibility index (Phi) is 4.25. The highest BCUT2D eigenvalue weighted by molar-refractivity contribution is 6.31. The van der Waals surface area contributed by atoms with Gasteiger partial charge in [-0.1, -0.05) is 24.6 Å². The van der Waals surface area contributed by atoms with E-state index in [0.29, 0.717) is 16.9 Å². The number of halogens is 1. The summed E-state index contributed by atoms with van der Waals surface area (Å²) in [5, 5.41) is 3.54. The number of nitrogens with zero attached hydrogens (tertiary/aromatic N) is 2. The number of aromatic nitrogens is 2. The summed E-state index contributed by atoms with van der Waals surface area (Å²) in [5.41, 5.74) is 2.78. The molecule has 0 fully saturated rings. The van der Waals surface area contributed by atoms with Gasteiger partial charge in [0.15, 0.2) is 0 Å². The Morgan fingerprint density at radius 1 is 1.29 bits per heavy atom. The molecule has 0 radical (unpaired) electrons. The average Bonchev–Trinajstić information content (AvgIpc) is 2.95. The molecule has 1 N–H and O–H groups in total. The molecule has 0 spiro atoms. The van der Waals surface area contributed by atoms with E-state index in [1.54, 1.807) is 6.20 Å². The molecule has 110 valence electrons. The minimum absolute atomic E-state index is 0.392. The highest BCUT2D eigenvalue weighted by atomic mass is 35.5. The third-order valence-corrected chi connectivity index (χ3v) is 3.79. The molecule has 3 rings (SSSR count). The first-order valence-electron chi connectivity index (χ1n) is 7.32. The van der Waals surface area contributed by atoms with Crippen LogP contribution in [0.2, 0.25) is 5.02 Å². The fraction of sp³-hybridized carbons (Fsp3) is 0.375. The molecule has 1 aliphatic rings. The normalized spacial score (nSPS) is 13.0. The first kappa shape index (κ1) is 14.1. The molecule has 0 atom stereocenters. The lowest BCUT2D eigenvalue weighted by Crippen LogP contribution is -2.04. The quantitative estimate of drug-likeness (QED) is 0.898. The van der Waals surface area contributed by atoms with E-state index in [4.69, 9.17) is 16.3 Å². The van der Waals surface area contributed by atoms with E-state index in [9.17, 15) is 0 Å². The predicted molar refractivity (Wildman–Crippen MR) is 84.4 cm³/mol. The molecule has 0 saturated heterocycles. The number of anilines is 1. The van der Waals surface area contributed by atoms with Gasteiger partial charge in [0.2, 0.25) is 11.8 Å². The fourth-order valence-electron chi connectivity index (χ4n) is 2.47. The number of fused-ring (bicyclic) bond motifs is 1. The number of nitrogens with one attached hydrogen (secondary N) is 1. The van der Waals surface area contributed by atoms with Crippen LogP contribution < -0.4 is 10.1 Å². The Balaban J connectivity index is 1.80. The van der Waals surface area contributed by atoms with Gasteiger partial charge in [-0.05, 0) is 48.9 Å². The third kappa shape index (κ3) is 3.27. The van der Waals surface area contributed by atoms with Gasteiger partial charge in [0.1, 0.15) is 10.8 Å². The predicted octanol–water partition coefficient (Wildman–Crippen LogP) is 4.23. The molecular formula is C16H18ClN3O. The lowest BCUT2D eigenvalue weighted by molar-refractivity contribution is 0.462. The molecule has 2 aromatic rings. The Bertz CT molecular complexity index is 645. The number of rotatable bonds is 5. The van der Waals surface area contributed by atoms with Crippen molar-refractivity contribution in [3.8, 4) is 11.6 Å². The van der Waals surface area contributed by atoms with Crippen LogP contribution in [0.15, 0.2) is 24.4 Å². The van der Waals surface area contributed by atoms with Crippen LogP contribution >= 0.6 is 11.6 Å². The largest absolute Gasteiger partial charge is 0.437 e. The minimum atomic E-state index is 0.392. The van der Waals surface area contributed by atoms with Gasteiger partial charge >= 0.3 is 0 Å². The summed E-state index contributed by atoms with van der Waals surface area (Å²) >= 11 is 6.12. The van der Waals surface area contributed by atoms with Crippen molar-refractivity contribution in [2.45, 2.75) is 32.6 Å². The van der Waals surface area contributed by atoms with Crippen molar-refractivity contribution in [3.63, 3.8) is 0 Å². The molecule has 0 aliphatic heterocycles. The standard InChI is InChI=1S/C16H18ClN3O/c1-2-8-18-16-19-10-14(17)15(20-16)21-13-7-6-11-4-3-5-12(11)9-13/h6-7,9-10H,2-5,8H2,1H3,(H,18,19,20). The summed E-state index contributed by atoms with van der Waals surface area (Å²) < 4.78 is 5.83. The van der Waals surface area contributed by atoms with Crippen LogP contribution in [-0.4, -0.2) is 16.5 Å². The van der Waals surface area contributed by atoms with Crippen molar-refractivity contribution in [1.82, 2.24) is 9.97 Å². The summed E-state index contributed by atoms with van der Waals surface area (Å²) in [6, 6.07) is 6.19. The van der Waals surface area contributed by atoms with E-state index in [0.717, 1.165) is 31.6 Å².